The third-order valence-electron chi connectivity index (χ3n) is 7.55. The van der Waals surface area contributed by atoms with Gasteiger partial charge in [0.2, 0.25) is 0 Å². The quantitative estimate of drug-likeness (QED) is 0.666. The van der Waals surface area contributed by atoms with Gasteiger partial charge in [0.05, 0.1) is 39.1 Å². The molecule has 7 nitrogen and oxygen atoms in total. The molecule has 1 unspecified atom stereocenters. The van der Waals surface area contributed by atoms with Crippen molar-refractivity contribution in [2.45, 2.75) is 51.2 Å². The van der Waals surface area contributed by atoms with E-state index in [1.54, 1.807) is 20.5 Å². The van der Waals surface area contributed by atoms with E-state index in [4.69, 9.17) is 13.9 Å². The first-order valence-electron chi connectivity index (χ1n) is 11.8. The van der Waals surface area contributed by atoms with Crippen LogP contribution in [-0.4, -0.2) is 60.1 Å². The van der Waals surface area contributed by atoms with E-state index in [9.17, 15) is 4.79 Å². The number of likely N-dealkylation sites (N-methyl/N-ethyl adjacent to an activating group) is 1. The van der Waals surface area contributed by atoms with Gasteiger partial charge in [0.15, 0.2) is 0 Å². The Hall–Kier alpha value is -2.93. The zero-order valence-corrected chi connectivity index (χ0v) is 20.0. The number of hydrogen-bond acceptors (Lipinski definition) is 5. The van der Waals surface area contributed by atoms with Gasteiger partial charge in [-0.15, -0.1) is 0 Å². The summed E-state index contributed by atoms with van der Waals surface area (Å²) in [6.45, 7) is 8.18. The first kappa shape index (κ1) is 21.9. The lowest BCUT2D eigenvalue weighted by molar-refractivity contribution is 0.0852. The molecular formula is C26H33N3O4. The molecule has 0 N–H and O–H groups in total. The summed E-state index contributed by atoms with van der Waals surface area (Å²) >= 11 is 0. The highest BCUT2D eigenvalue weighted by Crippen LogP contribution is 2.49. The van der Waals surface area contributed by atoms with E-state index >= 15 is 0 Å². The molecule has 33 heavy (non-hydrogen) atoms. The molecule has 2 saturated heterocycles. The number of benzene rings is 1. The zero-order chi connectivity index (χ0) is 23.2. The van der Waals surface area contributed by atoms with E-state index in [0.717, 1.165) is 66.6 Å². The number of methoxy groups -OCH3 is 2. The van der Waals surface area contributed by atoms with Crippen molar-refractivity contribution < 1.29 is 18.7 Å². The normalized spacial score (nSPS) is 22.1. The number of hydrogen-bond donors (Lipinski definition) is 0. The molecule has 176 valence electrons. The van der Waals surface area contributed by atoms with Crippen LogP contribution in [0.2, 0.25) is 0 Å². The molecular weight excluding hydrogens is 418 g/mol. The molecule has 0 aliphatic carbocycles. The van der Waals surface area contributed by atoms with E-state index in [1.807, 2.05) is 29.2 Å². The summed E-state index contributed by atoms with van der Waals surface area (Å²) in [7, 11) is 3.36. The number of likely N-dealkylation sites (tertiary alicyclic amines) is 1. The monoisotopic (exact) mass is 451 g/mol. The Labute approximate surface area is 195 Å². The second-order valence-corrected chi connectivity index (χ2v) is 9.24. The van der Waals surface area contributed by atoms with E-state index in [-0.39, 0.29) is 17.5 Å². The van der Waals surface area contributed by atoms with Gasteiger partial charge in [-0.2, -0.15) is 0 Å². The summed E-state index contributed by atoms with van der Waals surface area (Å²) in [4.78, 5) is 20.2. The van der Waals surface area contributed by atoms with Gasteiger partial charge < -0.3 is 18.8 Å². The number of piperidine rings is 1. The second-order valence-electron chi connectivity index (χ2n) is 9.24. The maximum absolute atomic E-state index is 13.7. The molecule has 2 fully saturated rings. The molecule has 3 aliphatic heterocycles. The summed E-state index contributed by atoms with van der Waals surface area (Å²) in [5.41, 5.74) is 3.11. The fraction of sp³-hybridized carbons (Fsp3) is 0.500. The second kappa shape index (κ2) is 8.45. The lowest BCUT2D eigenvalue weighted by Gasteiger charge is -2.44. The molecule has 3 aliphatic rings. The Morgan fingerprint density at radius 3 is 2.61 bits per heavy atom. The molecule has 2 aromatic rings. The van der Waals surface area contributed by atoms with Crippen LogP contribution in [0, 0.1) is 0 Å². The third kappa shape index (κ3) is 3.50. The van der Waals surface area contributed by atoms with Crippen molar-refractivity contribution in [3.63, 3.8) is 0 Å². The zero-order valence-electron chi connectivity index (χ0n) is 20.0. The Balaban J connectivity index is 1.49. The van der Waals surface area contributed by atoms with Crippen LogP contribution in [-0.2, 0) is 13.1 Å². The van der Waals surface area contributed by atoms with Crippen molar-refractivity contribution in [2.75, 3.05) is 33.9 Å². The minimum Gasteiger partial charge on any atom is -0.497 e. The number of ether oxygens (including phenoxy) is 2. The predicted octanol–water partition coefficient (Wildman–Crippen LogP) is 4.59. The number of fused-ring (bicyclic) bond motifs is 3. The molecule has 1 aromatic heterocycles. The van der Waals surface area contributed by atoms with Crippen molar-refractivity contribution in [1.82, 2.24) is 14.7 Å². The summed E-state index contributed by atoms with van der Waals surface area (Å²) in [6.07, 6.45) is 5.86. The van der Waals surface area contributed by atoms with Crippen LogP contribution in [0.15, 0.2) is 46.7 Å². The minimum absolute atomic E-state index is 0.102. The molecule has 5 rings (SSSR count). The number of carbonyl (C=O) groups excluding carboxylic acids is 1. The standard InChI is InChI=1S/C26H33N3O4/c1-5-29-25(30)28-16-19-14-21(31-3)15-22(32-4)24(19)18(2)13-23(28)26(29)8-10-27(11-9-26)17-20-7-6-12-33-20/h6-7,12-15,18H,5,8-11,16-17H2,1-4H3. The molecule has 0 saturated carbocycles. The van der Waals surface area contributed by atoms with Crippen LogP contribution in [0.4, 0.5) is 4.79 Å². The van der Waals surface area contributed by atoms with Crippen LogP contribution in [0.3, 0.4) is 0 Å². The summed E-state index contributed by atoms with van der Waals surface area (Å²) in [5.74, 6) is 2.68. The number of urea groups is 1. The van der Waals surface area contributed by atoms with Crippen molar-refractivity contribution in [2.24, 2.45) is 0 Å². The fourth-order valence-corrected chi connectivity index (χ4v) is 5.97. The van der Waals surface area contributed by atoms with Crippen molar-refractivity contribution in [3.05, 3.63) is 59.2 Å². The number of furan rings is 1. The molecule has 1 spiro atoms. The summed E-state index contributed by atoms with van der Waals surface area (Å²) < 4.78 is 16.8. The lowest BCUT2D eigenvalue weighted by Crippen LogP contribution is -2.53. The van der Waals surface area contributed by atoms with Crippen LogP contribution in [0.5, 0.6) is 11.5 Å². The Morgan fingerprint density at radius 1 is 1.18 bits per heavy atom. The number of allylic oxidation sites excluding steroid dienone is 1. The average molecular weight is 452 g/mol. The molecule has 1 aromatic carbocycles. The van der Waals surface area contributed by atoms with Crippen LogP contribution in [0.25, 0.3) is 0 Å². The van der Waals surface area contributed by atoms with Gasteiger partial charge in [0.1, 0.15) is 17.3 Å². The molecule has 0 radical (unpaired) electrons. The van der Waals surface area contributed by atoms with Gasteiger partial charge in [-0.1, -0.05) is 13.0 Å². The predicted molar refractivity (Wildman–Crippen MR) is 125 cm³/mol. The Morgan fingerprint density at radius 2 is 1.97 bits per heavy atom. The van der Waals surface area contributed by atoms with Gasteiger partial charge >= 0.3 is 6.03 Å². The van der Waals surface area contributed by atoms with Gasteiger partial charge in [-0.3, -0.25) is 9.80 Å². The number of carbonyl (C=O) groups is 1. The summed E-state index contributed by atoms with van der Waals surface area (Å²) in [5, 5.41) is 0. The Bertz CT molecular complexity index is 1050. The molecule has 1 atom stereocenters. The van der Waals surface area contributed by atoms with E-state index in [1.165, 1.54) is 0 Å². The van der Waals surface area contributed by atoms with Crippen molar-refractivity contribution in [1.29, 1.82) is 0 Å². The van der Waals surface area contributed by atoms with Gasteiger partial charge in [0, 0.05) is 42.9 Å². The van der Waals surface area contributed by atoms with Crippen LogP contribution in [0.1, 0.15) is 49.5 Å². The maximum atomic E-state index is 13.7. The maximum Gasteiger partial charge on any atom is 0.325 e. The SMILES string of the molecule is CCN1C(=O)N2Cc3cc(OC)cc(OC)c3C(C)C=C2C12CCN(Cc1ccco1)CC2. The Kier molecular flexibility index (Phi) is 5.60. The fourth-order valence-electron chi connectivity index (χ4n) is 5.97. The molecule has 7 heteroatoms. The molecule has 4 heterocycles. The van der Waals surface area contributed by atoms with E-state index in [2.05, 4.69) is 29.7 Å². The van der Waals surface area contributed by atoms with Crippen LogP contribution >= 0.6 is 0 Å². The number of rotatable bonds is 5. The largest absolute Gasteiger partial charge is 0.497 e. The van der Waals surface area contributed by atoms with Crippen molar-refractivity contribution >= 4 is 6.03 Å². The third-order valence-corrected chi connectivity index (χ3v) is 7.55. The minimum atomic E-state index is -0.265. The molecule has 2 amide bonds. The smallest absolute Gasteiger partial charge is 0.325 e. The lowest BCUT2D eigenvalue weighted by atomic mass is 9.82. The first-order chi connectivity index (χ1) is 16.0. The van der Waals surface area contributed by atoms with E-state index in [0.29, 0.717) is 13.1 Å². The number of nitrogens with zero attached hydrogens (tertiary/aromatic N) is 3. The molecule has 0 bridgehead atoms. The number of amides is 2. The first-order valence-corrected chi connectivity index (χ1v) is 11.8. The highest BCUT2D eigenvalue weighted by molar-refractivity contribution is 5.83. The van der Waals surface area contributed by atoms with Crippen LogP contribution < -0.4 is 9.47 Å². The van der Waals surface area contributed by atoms with Gasteiger partial charge in [0.25, 0.3) is 0 Å². The van der Waals surface area contributed by atoms with Gasteiger partial charge in [-0.05, 0) is 43.5 Å². The highest BCUT2D eigenvalue weighted by Gasteiger charge is 2.54. The van der Waals surface area contributed by atoms with Crippen molar-refractivity contribution in [3.8, 4) is 11.5 Å². The topological polar surface area (TPSA) is 58.4 Å². The summed E-state index contributed by atoms with van der Waals surface area (Å²) in [6, 6.07) is 8.05. The van der Waals surface area contributed by atoms with E-state index < -0.39 is 0 Å². The highest BCUT2D eigenvalue weighted by atomic mass is 16.5. The average Bonchev–Trinajstić information content (AvgIpc) is 3.36. The van der Waals surface area contributed by atoms with Gasteiger partial charge in [-0.25, -0.2) is 4.79 Å².